The quantitative estimate of drug-likeness (QED) is 0.649. The minimum Gasteiger partial charge on any atom is -0.492 e. The highest BCUT2D eigenvalue weighted by molar-refractivity contribution is 5.78. The van der Waals surface area contributed by atoms with Crippen molar-refractivity contribution >= 4 is 11.6 Å². The van der Waals surface area contributed by atoms with Crippen LogP contribution in [0.3, 0.4) is 0 Å². The number of furan rings is 1. The highest BCUT2D eigenvalue weighted by Crippen LogP contribution is 2.29. The maximum Gasteiger partial charge on any atom is 0.406 e. The number of amides is 1. The zero-order valence-electron chi connectivity index (χ0n) is 16.9. The zero-order valence-corrected chi connectivity index (χ0v) is 16.9. The number of alkyl halides is 3. The van der Waals surface area contributed by atoms with E-state index in [2.05, 4.69) is 4.90 Å². The summed E-state index contributed by atoms with van der Waals surface area (Å²) in [6.45, 7) is 3.41. The van der Waals surface area contributed by atoms with Gasteiger partial charge in [0.2, 0.25) is 5.91 Å². The number of piperazine rings is 1. The highest BCUT2D eigenvalue weighted by atomic mass is 19.4. The molecule has 1 aliphatic rings. The molecule has 0 spiro atoms. The summed E-state index contributed by atoms with van der Waals surface area (Å²) in [6, 6.07) is 10.9. The fraction of sp³-hybridized carbons (Fsp3) is 0.476. The molecule has 9 heteroatoms. The first kappa shape index (κ1) is 22.0. The average Bonchev–Trinajstić information content (AvgIpc) is 3.21. The number of ether oxygens (including phenoxy) is 1. The third-order valence-electron chi connectivity index (χ3n) is 4.89. The first-order chi connectivity index (χ1) is 14.4. The molecule has 1 amide bonds. The second-order valence-corrected chi connectivity index (χ2v) is 7.11. The average molecular weight is 425 g/mol. The van der Waals surface area contributed by atoms with E-state index in [1.54, 1.807) is 12.1 Å². The van der Waals surface area contributed by atoms with Crippen LogP contribution in [0.1, 0.15) is 12.7 Å². The summed E-state index contributed by atoms with van der Waals surface area (Å²) in [7, 11) is 0. The van der Waals surface area contributed by atoms with Crippen molar-refractivity contribution in [2.75, 3.05) is 50.8 Å². The van der Waals surface area contributed by atoms with Crippen LogP contribution >= 0.6 is 0 Å². The van der Waals surface area contributed by atoms with E-state index in [-0.39, 0.29) is 13.1 Å². The van der Waals surface area contributed by atoms with Gasteiger partial charge in [-0.3, -0.25) is 9.69 Å². The molecule has 1 aliphatic heterocycles. The molecule has 30 heavy (non-hydrogen) atoms. The maximum absolute atomic E-state index is 13.0. The second-order valence-electron chi connectivity index (χ2n) is 7.11. The van der Waals surface area contributed by atoms with Crippen LogP contribution in [-0.2, 0) is 11.3 Å². The Bertz CT molecular complexity index is 803. The first-order valence-corrected chi connectivity index (χ1v) is 9.91. The van der Waals surface area contributed by atoms with E-state index in [0.29, 0.717) is 38.5 Å². The minimum absolute atomic E-state index is 0.0578. The molecule has 1 aromatic carbocycles. The smallest absolute Gasteiger partial charge is 0.406 e. The summed E-state index contributed by atoms with van der Waals surface area (Å²) < 4.78 is 49.7. The summed E-state index contributed by atoms with van der Waals surface area (Å²) in [4.78, 5) is 17.5. The summed E-state index contributed by atoms with van der Waals surface area (Å²) in [5.74, 6) is 0.566. The predicted octanol–water partition coefficient (Wildman–Crippen LogP) is 3.39. The van der Waals surface area contributed by atoms with E-state index in [9.17, 15) is 18.0 Å². The molecule has 0 unspecified atom stereocenters. The van der Waals surface area contributed by atoms with Crippen molar-refractivity contribution in [1.82, 2.24) is 9.80 Å². The molecule has 1 fully saturated rings. The van der Waals surface area contributed by atoms with Crippen molar-refractivity contribution in [3.05, 3.63) is 48.4 Å². The molecule has 0 atom stereocenters. The van der Waals surface area contributed by atoms with E-state index < -0.39 is 18.6 Å². The Kier molecular flexibility index (Phi) is 7.25. The second kappa shape index (κ2) is 9.88. The van der Waals surface area contributed by atoms with Crippen LogP contribution in [0, 0.1) is 0 Å². The molecule has 0 N–H and O–H groups in total. The predicted molar refractivity (Wildman–Crippen MR) is 106 cm³/mol. The van der Waals surface area contributed by atoms with Crippen molar-refractivity contribution in [2.45, 2.75) is 19.6 Å². The Labute approximate surface area is 173 Å². The number of hydrogen-bond donors (Lipinski definition) is 0. The van der Waals surface area contributed by atoms with Gasteiger partial charge in [-0.1, -0.05) is 12.1 Å². The Morgan fingerprint density at radius 3 is 2.50 bits per heavy atom. The van der Waals surface area contributed by atoms with Gasteiger partial charge in [0.05, 0.1) is 31.6 Å². The van der Waals surface area contributed by atoms with E-state index >= 15 is 0 Å². The topological polar surface area (TPSA) is 49.2 Å². The SMILES string of the molecule is CCOc1ccccc1N1CCN(CC(=O)N(Cc2ccco2)CC(F)(F)F)CC1. The Morgan fingerprint density at radius 1 is 1.13 bits per heavy atom. The number of rotatable bonds is 8. The maximum atomic E-state index is 13.0. The molecule has 0 bridgehead atoms. The molecule has 1 saturated heterocycles. The van der Waals surface area contributed by atoms with Crippen LogP contribution in [0.2, 0.25) is 0 Å². The molecule has 0 radical (unpaired) electrons. The summed E-state index contributed by atoms with van der Waals surface area (Å²) in [5.41, 5.74) is 0.988. The van der Waals surface area contributed by atoms with Gasteiger partial charge in [-0.25, -0.2) is 0 Å². The Balaban J connectivity index is 1.58. The van der Waals surface area contributed by atoms with Crippen molar-refractivity contribution in [1.29, 1.82) is 0 Å². The number of benzene rings is 1. The molecule has 3 rings (SSSR count). The number of hydrogen-bond acceptors (Lipinski definition) is 5. The highest BCUT2D eigenvalue weighted by Gasteiger charge is 2.34. The van der Waals surface area contributed by atoms with Crippen LogP contribution in [0.15, 0.2) is 47.1 Å². The van der Waals surface area contributed by atoms with Crippen LogP contribution in [0.25, 0.3) is 0 Å². The van der Waals surface area contributed by atoms with Gasteiger partial charge in [-0.15, -0.1) is 0 Å². The first-order valence-electron chi connectivity index (χ1n) is 9.91. The van der Waals surface area contributed by atoms with E-state index in [4.69, 9.17) is 9.15 Å². The molecule has 0 aliphatic carbocycles. The van der Waals surface area contributed by atoms with E-state index in [1.807, 2.05) is 36.1 Å². The third kappa shape index (κ3) is 6.16. The molecule has 2 heterocycles. The van der Waals surface area contributed by atoms with Gasteiger partial charge < -0.3 is 19.0 Å². The van der Waals surface area contributed by atoms with Crippen LogP contribution in [0.5, 0.6) is 5.75 Å². The third-order valence-corrected chi connectivity index (χ3v) is 4.89. The number of para-hydroxylation sites is 2. The number of anilines is 1. The van der Waals surface area contributed by atoms with Crippen molar-refractivity contribution in [3.8, 4) is 5.75 Å². The zero-order chi connectivity index (χ0) is 21.6. The Hall–Kier alpha value is -2.68. The van der Waals surface area contributed by atoms with Gasteiger partial charge in [0.15, 0.2) is 0 Å². The fourth-order valence-corrected chi connectivity index (χ4v) is 3.47. The van der Waals surface area contributed by atoms with Gasteiger partial charge in [0.25, 0.3) is 0 Å². The lowest BCUT2D eigenvalue weighted by Crippen LogP contribution is -2.51. The lowest BCUT2D eigenvalue weighted by molar-refractivity contribution is -0.163. The lowest BCUT2D eigenvalue weighted by atomic mass is 10.2. The van der Waals surface area contributed by atoms with Gasteiger partial charge in [0, 0.05) is 26.2 Å². The lowest BCUT2D eigenvalue weighted by Gasteiger charge is -2.37. The van der Waals surface area contributed by atoms with Gasteiger partial charge in [-0.05, 0) is 31.2 Å². The van der Waals surface area contributed by atoms with E-state index in [1.165, 1.54) is 6.26 Å². The largest absolute Gasteiger partial charge is 0.492 e. The number of carbonyl (C=O) groups excluding carboxylic acids is 1. The van der Waals surface area contributed by atoms with Gasteiger partial charge >= 0.3 is 6.18 Å². The number of halogens is 3. The molecule has 6 nitrogen and oxygen atoms in total. The van der Waals surface area contributed by atoms with Crippen molar-refractivity contribution in [3.63, 3.8) is 0 Å². The monoisotopic (exact) mass is 425 g/mol. The molecule has 2 aromatic rings. The van der Waals surface area contributed by atoms with Gasteiger partial charge in [0.1, 0.15) is 18.1 Å². The summed E-state index contributed by atoms with van der Waals surface area (Å²) in [5, 5.41) is 0. The number of nitrogens with zero attached hydrogens (tertiary/aromatic N) is 3. The normalized spacial score (nSPS) is 15.3. The number of carbonyl (C=O) groups is 1. The van der Waals surface area contributed by atoms with Crippen molar-refractivity contribution < 1.29 is 27.1 Å². The van der Waals surface area contributed by atoms with Gasteiger partial charge in [-0.2, -0.15) is 13.2 Å². The molecule has 0 saturated carbocycles. The van der Waals surface area contributed by atoms with Crippen LogP contribution < -0.4 is 9.64 Å². The van der Waals surface area contributed by atoms with Crippen molar-refractivity contribution in [2.24, 2.45) is 0 Å². The molecular weight excluding hydrogens is 399 g/mol. The molecular formula is C21H26F3N3O3. The Morgan fingerprint density at radius 2 is 1.87 bits per heavy atom. The van der Waals surface area contributed by atoms with E-state index in [0.717, 1.165) is 16.3 Å². The fourth-order valence-electron chi connectivity index (χ4n) is 3.47. The summed E-state index contributed by atoms with van der Waals surface area (Å²) >= 11 is 0. The van der Waals surface area contributed by atoms with Crippen LogP contribution in [0.4, 0.5) is 18.9 Å². The van der Waals surface area contributed by atoms with Crippen LogP contribution in [-0.4, -0.2) is 67.8 Å². The molecule has 1 aromatic heterocycles. The molecule has 164 valence electrons. The standard InChI is InChI=1S/C21H26F3N3O3/c1-2-29-19-8-4-3-7-18(19)26-11-9-25(10-12-26)15-20(28)27(16-21(22,23)24)14-17-6-5-13-30-17/h3-8,13H,2,9-12,14-16H2,1H3. The minimum atomic E-state index is -4.47. The summed E-state index contributed by atoms with van der Waals surface area (Å²) in [6.07, 6.45) is -3.09.